The fraction of sp³-hybridized carbons (Fsp3) is 0.172. The van der Waals surface area contributed by atoms with Gasteiger partial charge < -0.3 is 4.57 Å². The van der Waals surface area contributed by atoms with Crippen molar-refractivity contribution >= 4 is 21.8 Å². The van der Waals surface area contributed by atoms with E-state index in [1.165, 1.54) is 56.0 Å². The van der Waals surface area contributed by atoms with E-state index in [0.29, 0.717) is 0 Å². The molecule has 0 saturated carbocycles. The molecule has 0 atom stereocenters. The molecular formula is C29H27N. The first kappa shape index (κ1) is 18.7. The van der Waals surface area contributed by atoms with Crippen LogP contribution >= 0.6 is 0 Å². The lowest BCUT2D eigenvalue weighted by molar-refractivity contribution is 0.827. The second-order valence-electron chi connectivity index (χ2n) is 8.02. The lowest BCUT2D eigenvalue weighted by Crippen LogP contribution is -1.93. The minimum atomic E-state index is 0.962. The monoisotopic (exact) mass is 389 g/mol. The Hall–Kier alpha value is -3.32. The summed E-state index contributed by atoms with van der Waals surface area (Å²) >= 11 is 0. The Morgan fingerprint density at radius 1 is 0.567 bits per heavy atom. The summed E-state index contributed by atoms with van der Waals surface area (Å²) in [5.74, 6) is 0. The van der Waals surface area contributed by atoms with Crippen molar-refractivity contribution in [3.63, 3.8) is 0 Å². The van der Waals surface area contributed by atoms with E-state index in [-0.39, 0.29) is 0 Å². The highest BCUT2D eigenvalue weighted by Crippen LogP contribution is 2.35. The summed E-state index contributed by atoms with van der Waals surface area (Å²) in [6.07, 6.45) is 2.31. The summed E-state index contributed by atoms with van der Waals surface area (Å²) in [7, 11) is 0. The van der Waals surface area contributed by atoms with Gasteiger partial charge in [0, 0.05) is 28.4 Å². The van der Waals surface area contributed by atoms with Crippen LogP contribution in [0.25, 0.3) is 44.1 Å². The first-order valence-electron chi connectivity index (χ1n) is 11.0. The third-order valence-electron chi connectivity index (χ3n) is 6.09. The van der Waals surface area contributed by atoms with Crippen LogP contribution in [0.2, 0.25) is 0 Å². The van der Waals surface area contributed by atoms with Crippen molar-refractivity contribution in [3.8, 4) is 22.3 Å². The Balaban J connectivity index is 1.68. The van der Waals surface area contributed by atoms with Gasteiger partial charge in [-0.2, -0.15) is 0 Å². The second kappa shape index (κ2) is 7.84. The van der Waals surface area contributed by atoms with E-state index in [1.54, 1.807) is 0 Å². The van der Waals surface area contributed by atoms with E-state index in [1.807, 2.05) is 0 Å². The highest BCUT2D eigenvalue weighted by atomic mass is 15.0. The van der Waals surface area contributed by atoms with Crippen LogP contribution in [0.3, 0.4) is 0 Å². The molecule has 1 heterocycles. The fourth-order valence-corrected chi connectivity index (χ4v) is 4.63. The molecular weight excluding hydrogens is 362 g/mol. The Morgan fingerprint density at radius 3 is 2.10 bits per heavy atom. The minimum Gasteiger partial charge on any atom is -0.341 e. The van der Waals surface area contributed by atoms with Crippen molar-refractivity contribution in [1.29, 1.82) is 0 Å². The normalized spacial score (nSPS) is 11.4. The SMILES string of the molecule is CCCc1cccc(-c2ccc3c4cc(-c5ccccc5)ccc4n(CC)c3c2)c1. The van der Waals surface area contributed by atoms with Gasteiger partial charge in [0.05, 0.1) is 0 Å². The van der Waals surface area contributed by atoms with Gasteiger partial charge in [-0.3, -0.25) is 0 Å². The van der Waals surface area contributed by atoms with E-state index < -0.39 is 0 Å². The molecule has 0 saturated heterocycles. The predicted octanol–water partition coefficient (Wildman–Crippen LogP) is 8.10. The van der Waals surface area contributed by atoms with Gasteiger partial charge >= 0.3 is 0 Å². The van der Waals surface area contributed by atoms with Gasteiger partial charge in [0.15, 0.2) is 0 Å². The van der Waals surface area contributed by atoms with E-state index in [0.717, 1.165) is 13.0 Å². The van der Waals surface area contributed by atoms with Crippen LogP contribution in [0.4, 0.5) is 0 Å². The predicted molar refractivity (Wildman–Crippen MR) is 130 cm³/mol. The molecule has 0 spiro atoms. The number of benzene rings is 4. The molecule has 1 heteroatoms. The molecule has 0 unspecified atom stereocenters. The number of rotatable bonds is 5. The van der Waals surface area contributed by atoms with Gasteiger partial charge in [-0.1, -0.05) is 86.1 Å². The summed E-state index contributed by atoms with van der Waals surface area (Å²) in [4.78, 5) is 0. The minimum absolute atomic E-state index is 0.962. The molecule has 4 aromatic carbocycles. The van der Waals surface area contributed by atoms with Crippen LogP contribution in [0.15, 0.2) is 91.0 Å². The molecule has 0 aliphatic heterocycles. The van der Waals surface area contributed by atoms with Gasteiger partial charge in [-0.25, -0.2) is 0 Å². The summed E-state index contributed by atoms with van der Waals surface area (Å²) in [5, 5.41) is 2.66. The molecule has 0 radical (unpaired) electrons. The molecule has 0 bridgehead atoms. The van der Waals surface area contributed by atoms with E-state index in [2.05, 4.69) is 109 Å². The summed E-state index contributed by atoms with van der Waals surface area (Å²) in [6, 6.07) is 33.5. The average Bonchev–Trinajstić information content (AvgIpc) is 3.12. The summed E-state index contributed by atoms with van der Waals surface area (Å²) in [6.45, 7) is 5.44. The quantitative estimate of drug-likeness (QED) is 0.286. The largest absolute Gasteiger partial charge is 0.341 e. The van der Waals surface area contributed by atoms with Crippen LogP contribution in [0, 0.1) is 0 Å². The Labute approximate surface area is 178 Å². The number of aromatic nitrogens is 1. The first-order valence-corrected chi connectivity index (χ1v) is 11.0. The fourth-order valence-electron chi connectivity index (χ4n) is 4.63. The highest BCUT2D eigenvalue weighted by molar-refractivity contribution is 6.10. The average molecular weight is 390 g/mol. The number of nitrogens with zero attached hydrogens (tertiary/aromatic N) is 1. The maximum absolute atomic E-state index is 2.44. The number of aryl methyl sites for hydroxylation is 2. The van der Waals surface area contributed by atoms with Crippen LogP contribution < -0.4 is 0 Å². The smallest absolute Gasteiger partial charge is 0.0497 e. The molecule has 148 valence electrons. The van der Waals surface area contributed by atoms with Crippen LogP contribution in [0.5, 0.6) is 0 Å². The zero-order chi connectivity index (χ0) is 20.5. The van der Waals surface area contributed by atoms with Crippen LogP contribution in [0.1, 0.15) is 25.8 Å². The maximum atomic E-state index is 2.44. The molecule has 0 aliphatic carbocycles. The van der Waals surface area contributed by atoms with E-state index in [9.17, 15) is 0 Å². The molecule has 0 aliphatic rings. The van der Waals surface area contributed by atoms with Crippen molar-refractivity contribution in [1.82, 2.24) is 4.57 Å². The standard InChI is InChI=1S/C29H27N/c1-3-9-21-10-8-13-23(18-21)25-14-16-26-27-19-24(22-11-6-5-7-12-22)15-17-28(27)30(4-2)29(26)20-25/h5-8,10-20H,3-4,9H2,1-2H3. The first-order chi connectivity index (χ1) is 14.8. The zero-order valence-corrected chi connectivity index (χ0v) is 17.7. The van der Waals surface area contributed by atoms with Crippen LogP contribution in [-0.2, 0) is 13.0 Å². The second-order valence-corrected chi connectivity index (χ2v) is 8.02. The van der Waals surface area contributed by atoms with Gasteiger partial charge in [-0.05, 0) is 59.4 Å². The van der Waals surface area contributed by atoms with Gasteiger partial charge in [0.2, 0.25) is 0 Å². The topological polar surface area (TPSA) is 4.93 Å². The van der Waals surface area contributed by atoms with Crippen molar-refractivity contribution in [3.05, 3.63) is 96.6 Å². The lowest BCUT2D eigenvalue weighted by Gasteiger charge is -2.07. The van der Waals surface area contributed by atoms with Crippen molar-refractivity contribution in [2.24, 2.45) is 0 Å². The molecule has 0 N–H and O–H groups in total. The lowest BCUT2D eigenvalue weighted by atomic mass is 9.99. The van der Waals surface area contributed by atoms with Crippen LogP contribution in [-0.4, -0.2) is 4.57 Å². The molecule has 30 heavy (non-hydrogen) atoms. The Bertz CT molecular complexity index is 1330. The number of hydrogen-bond donors (Lipinski definition) is 0. The third kappa shape index (κ3) is 3.21. The third-order valence-corrected chi connectivity index (χ3v) is 6.09. The maximum Gasteiger partial charge on any atom is 0.0497 e. The van der Waals surface area contributed by atoms with Crippen molar-refractivity contribution in [2.75, 3.05) is 0 Å². The van der Waals surface area contributed by atoms with Crippen molar-refractivity contribution in [2.45, 2.75) is 33.2 Å². The molecule has 1 aromatic heterocycles. The molecule has 0 amide bonds. The van der Waals surface area contributed by atoms with E-state index >= 15 is 0 Å². The summed E-state index contributed by atoms with van der Waals surface area (Å²) in [5.41, 5.74) is 9.18. The van der Waals surface area contributed by atoms with E-state index in [4.69, 9.17) is 0 Å². The van der Waals surface area contributed by atoms with Gasteiger partial charge in [0.25, 0.3) is 0 Å². The zero-order valence-electron chi connectivity index (χ0n) is 17.7. The highest BCUT2D eigenvalue weighted by Gasteiger charge is 2.12. The number of hydrogen-bond acceptors (Lipinski definition) is 0. The summed E-state index contributed by atoms with van der Waals surface area (Å²) < 4.78 is 2.44. The Kier molecular flexibility index (Phi) is 4.88. The molecule has 1 nitrogen and oxygen atoms in total. The number of fused-ring (bicyclic) bond motifs is 3. The van der Waals surface area contributed by atoms with Gasteiger partial charge in [-0.15, -0.1) is 0 Å². The van der Waals surface area contributed by atoms with Crippen molar-refractivity contribution < 1.29 is 0 Å². The Morgan fingerprint density at radius 2 is 1.30 bits per heavy atom. The molecule has 5 rings (SSSR count). The van der Waals surface area contributed by atoms with Gasteiger partial charge in [0.1, 0.15) is 0 Å². The molecule has 0 fully saturated rings. The molecule has 5 aromatic rings.